The SMILES string of the molecule is CNc1ccc(C(=O)Nc2nc3c(s2)CCC3)nn1. The van der Waals surface area contributed by atoms with Crippen molar-refractivity contribution in [2.24, 2.45) is 0 Å². The largest absolute Gasteiger partial charge is 0.372 e. The Labute approximate surface area is 114 Å². The minimum Gasteiger partial charge on any atom is -0.372 e. The van der Waals surface area contributed by atoms with E-state index >= 15 is 0 Å². The highest BCUT2D eigenvalue weighted by molar-refractivity contribution is 7.15. The highest BCUT2D eigenvalue weighted by Gasteiger charge is 2.18. The molecule has 19 heavy (non-hydrogen) atoms. The molecule has 2 N–H and O–H groups in total. The van der Waals surface area contributed by atoms with E-state index in [1.165, 1.54) is 11.3 Å². The molecular weight excluding hydrogens is 262 g/mol. The number of hydrogen-bond acceptors (Lipinski definition) is 6. The number of aromatic nitrogens is 3. The van der Waals surface area contributed by atoms with E-state index in [4.69, 9.17) is 0 Å². The van der Waals surface area contributed by atoms with E-state index in [0.29, 0.717) is 10.9 Å². The molecule has 1 amide bonds. The summed E-state index contributed by atoms with van der Waals surface area (Å²) in [5, 5.41) is 14.0. The van der Waals surface area contributed by atoms with E-state index in [9.17, 15) is 4.79 Å². The van der Waals surface area contributed by atoms with Gasteiger partial charge in [0.2, 0.25) is 0 Å². The fraction of sp³-hybridized carbons (Fsp3) is 0.333. The molecule has 0 aromatic carbocycles. The molecule has 0 aliphatic heterocycles. The van der Waals surface area contributed by atoms with Crippen LogP contribution < -0.4 is 10.6 Å². The third kappa shape index (κ3) is 2.41. The number of carbonyl (C=O) groups excluding carboxylic acids is 1. The zero-order valence-corrected chi connectivity index (χ0v) is 11.3. The molecule has 2 heterocycles. The third-order valence-electron chi connectivity index (χ3n) is 2.97. The normalized spacial score (nSPS) is 13.1. The summed E-state index contributed by atoms with van der Waals surface area (Å²) in [5.41, 5.74) is 1.41. The number of rotatable bonds is 3. The lowest BCUT2D eigenvalue weighted by Gasteiger charge is -2.01. The Morgan fingerprint density at radius 1 is 1.32 bits per heavy atom. The lowest BCUT2D eigenvalue weighted by Crippen LogP contribution is -2.14. The van der Waals surface area contributed by atoms with Gasteiger partial charge in [0.15, 0.2) is 10.8 Å². The molecule has 98 valence electrons. The van der Waals surface area contributed by atoms with Gasteiger partial charge in [0.1, 0.15) is 5.82 Å². The molecule has 0 radical (unpaired) electrons. The zero-order chi connectivity index (χ0) is 13.2. The van der Waals surface area contributed by atoms with Crippen LogP contribution in [0.4, 0.5) is 10.9 Å². The second kappa shape index (κ2) is 4.93. The summed E-state index contributed by atoms with van der Waals surface area (Å²) in [5.74, 6) is 0.354. The lowest BCUT2D eigenvalue weighted by molar-refractivity contribution is 0.102. The Morgan fingerprint density at radius 2 is 2.21 bits per heavy atom. The Morgan fingerprint density at radius 3 is 2.89 bits per heavy atom. The van der Waals surface area contributed by atoms with E-state index in [2.05, 4.69) is 25.8 Å². The van der Waals surface area contributed by atoms with Gasteiger partial charge < -0.3 is 5.32 Å². The summed E-state index contributed by atoms with van der Waals surface area (Å²) in [4.78, 5) is 17.7. The van der Waals surface area contributed by atoms with Gasteiger partial charge in [0.25, 0.3) is 5.91 Å². The van der Waals surface area contributed by atoms with Crippen LogP contribution in [0, 0.1) is 0 Å². The van der Waals surface area contributed by atoms with E-state index in [1.54, 1.807) is 30.5 Å². The maximum absolute atomic E-state index is 12.0. The van der Waals surface area contributed by atoms with Crippen molar-refractivity contribution in [1.82, 2.24) is 15.2 Å². The van der Waals surface area contributed by atoms with Crippen molar-refractivity contribution in [3.8, 4) is 0 Å². The number of carbonyl (C=O) groups is 1. The number of fused-ring (bicyclic) bond motifs is 1. The van der Waals surface area contributed by atoms with E-state index in [-0.39, 0.29) is 11.6 Å². The molecule has 0 bridgehead atoms. The van der Waals surface area contributed by atoms with Crippen LogP contribution in [0.15, 0.2) is 12.1 Å². The highest BCUT2D eigenvalue weighted by atomic mass is 32.1. The molecule has 0 unspecified atom stereocenters. The van der Waals surface area contributed by atoms with E-state index in [1.807, 2.05) is 0 Å². The fourth-order valence-electron chi connectivity index (χ4n) is 1.99. The van der Waals surface area contributed by atoms with Crippen LogP contribution in [-0.4, -0.2) is 28.1 Å². The van der Waals surface area contributed by atoms with Crippen LogP contribution >= 0.6 is 11.3 Å². The van der Waals surface area contributed by atoms with E-state index in [0.717, 1.165) is 18.5 Å². The van der Waals surface area contributed by atoms with Crippen molar-refractivity contribution in [1.29, 1.82) is 0 Å². The number of nitrogens with zero attached hydrogens (tertiary/aromatic N) is 3. The maximum atomic E-state index is 12.0. The van der Waals surface area contributed by atoms with Gasteiger partial charge in [-0.15, -0.1) is 21.5 Å². The molecule has 2 aromatic rings. The van der Waals surface area contributed by atoms with Gasteiger partial charge in [-0.25, -0.2) is 4.98 Å². The predicted octanol–water partition coefficient (Wildman–Crippen LogP) is 1.72. The zero-order valence-electron chi connectivity index (χ0n) is 10.4. The Hall–Kier alpha value is -2.02. The van der Waals surface area contributed by atoms with Crippen LogP contribution in [0.3, 0.4) is 0 Å². The summed E-state index contributed by atoms with van der Waals surface area (Å²) < 4.78 is 0. The second-order valence-corrected chi connectivity index (χ2v) is 5.33. The van der Waals surface area contributed by atoms with Gasteiger partial charge in [-0.3, -0.25) is 10.1 Å². The first-order chi connectivity index (χ1) is 9.26. The molecule has 2 aromatic heterocycles. The van der Waals surface area contributed by atoms with E-state index < -0.39 is 0 Å². The molecule has 0 saturated heterocycles. The first-order valence-corrected chi connectivity index (χ1v) is 6.89. The van der Waals surface area contributed by atoms with Crippen LogP contribution in [0.25, 0.3) is 0 Å². The first-order valence-electron chi connectivity index (χ1n) is 6.07. The minimum absolute atomic E-state index is 0.275. The van der Waals surface area contributed by atoms with Gasteiger partial charge in [0, 0.05) is 11.9 Å². The predicted molar refractivity (Wildman–Crippen MR) is 73.7 cm³/mol. The van der Waals surface area contributed by atoms with Crippen LogP contribution in [0.1, 0.15) is 27.5 Å². The van der Waals surface area contributed by atoms with Gasteiger partial charge >= 0.3 is 0 Å². The summed E-state index contributed by atoms with van der Waals surface area (Å²) in [7, 11) is 1.75. The van der Waals surface area contributed by atoms with Gasteiger partial charge in [-0.2, -0.15) is 0 Å². The van der Waals surface area contributed by atoms with Crippen LogP contribution in [-0.2, 0) is 12.8 Å². The summed E-state index contributed by atoms with van der Waals surface area (Å²) in [6, 6.07) is 3.35. The monoisotopic (exact) mass is 275 g/mol. The summed E-state index contributed by atoms with van der Waals surface area (Å²) >= 11 is 1.55. The molecule has 3 rings (SSSR count). The summed E-state index contributed by atoms with van der Waals surface area (Å²) in [6.45, 7) is 0. The Balaban J connectivity index is 1.72. The van der Waals surface area contributed by atoms with Crippen molar-refractivity contribution in [2.45, 2.75) is 19.3 Å². The average Bonchev–Trinajstić information content (AvgIpc) is 2.99. The van der Waals surface area contributed by atoms with Crippen molar-refractivity contribution in [3.63, 3.8) is 0 Å². The second-order valence-electron chi connectivity index (χ2n) is 4.25. The highest BCUT2D eigenvalue weighted by Crippen LogP contribution is 2.30. The van der Waals surface area contributed by atoms with Crippen LogP contribution in [0.2, 0.25) is 0 Å². The molecule has 6 nitrogen and oxygen atoms in total. The minimum atomic E-state index is -0.275. The van der Waals surface area contributed by atoms with Crippen LogP contribution in [0.5, 0.6) is 0 Å². The topological polar surface area (TPSA) is 79.8 Å². The molecular formula is C12H13N5OS. The van der Waals surface area contributed by atoms with Crippen molar-refractivity contribution in [3.05, 3.63) is 28.4 Å². The molecule has 0 saturated carbocycles. The molecule has 0 spiro atoms. The molecule has 7 heteroatoms. The maximum Gasteiger partial charge on any atom is 0.277 e. The standard InChI is InChI=1S/C12H13N5OS/c1-13-10-6-5-8(16-17-10)11(18)15-12-14-7-3-2-4-9(7)19-12/h5-6H,2-4H2,1H3,(H,13,17)(H,14,15,18). The molecule has 0 fully saturated rings. The van der Waals surface area contributed by atoms with Gasteiger partial charge in [-0.05, 0) is 31.4 Å². The van der Waals surface area contributed by atoms with Crippen molar-refractivity contribution in [2.75, 3.05) is 17.7 Å². The number of nitrogens with one attached hydrogen (secondary N) is 2. The quantitative estimate of drug-likeness (QED) is 0.891. The molecule has 1 aliphatic carbocycles. The van der Waals surface area contributed by atoms with Gasteiger partial charge in [-0.1, -0.05) is 0 Å². The third-order valence-corrected chi connectivity index (χ3v) is 4.04. The number of hydrogen-bond donors (Lipinski definition) is 2. The number of thiazole rings is 1. The number of aryl methyl sites for hydroxylation is 2. The summed E-state index contributed by atoms with van der Waals surface area (Å²) in [6.07, 6.45) is 3.25. The van der Waals surface area contributed by atoms with Crippen molar-refractivity contribution < 1.29 is 4.79 Å². The average molecular weight is 275 g/mol. The molecule has 0 atom stereocenters. The Bertz CT molecular complexity index is 586. The molecule has 1 aliphatic rings. The van der Waals surface area contributed by atoms with Gasteiger partial charge in [0.05, 0.1) is 5.69 Å². The number of anilines is 2. The number of amides is 1. The fourth-order valence-corrected chi connectivity index (χ4v) is 3.04. The smallest absolute Gasteiger partial charge is 0.277 e. The van der Waals surface area contributed by atoms with Crippen molar-refractivity contribution >= 4 is 28.2 Å². The Kier molecular flexibility index (Phi) is 3.12. The first kappa shape index (κ1) is 12.0. The lowest BCUT2D eigenvalue weighted by atomic mass is 10.3.